The summed E-state index contributed by atoms with van der Waals surface area (Å²) in [5, 5.41) is -0.329. The lowest BCUT2D eigenvalue weighted by atomic mass is 10.2. The number of thioether (sulfide) groups is 1. The van der Waals surface area contributed by atoms with Gasteiger partial charge in [0.1, 0.15) is 18.1 Å². The van der Waals surface area contributed by atoms with Gasteiger partial charge in [-0.15, -0.1) is 0 Å². The van der Waals surface area contributed by atoms with Crippen molar-refractivity contribution in [3.05, 3.63) is 77.4 Å². The minimum Gasteiger partial charge on any atom is -0.493 e. The fourth-order valence-electron chi connectivity index (χ4n) is 2.99. The maximum Gasteiger partial charge on any atom is 0.293 e. The minimum absolute atomic E-state index is 0.146. The normalized spacial score (nSPS) is 15.1. The molecule has 2 amide bonds. The summed E-state index contributed by atoms with van der Waals surface area (Å²) < 4.78 is 16.7. The van der Waals surface area contributed by atoms with Crippen molar-refractivity contribution in [1.29, 1.82) is 0 Å². The molecule has 3 aromatic rings. The zero-order valence-corrected chi connectivity index (χ0v) is 17.1. The molecule has 0 aliphatic carbocycles. The molecule has 30 heavy (non-hydrogen) atoms. The first kappa shape index (κ1) is 19.8. The average Bonchev–Trinajstić information content (AvgIpc) is 3.35. The van der Waals surface area contributed by atoms with Gasteiger partial charge in [0.15, 0.2) is 11.5 Å². The number of carbonyl (C=O) groups is 2. The van der Waals surface area contributed by atoms with Crippen molar-refractivity contribution in [2.75, 3.05) is 20.3 Å². The molecule has 1 aliphatic heterocycles. The number of ether oxygens (including phenoxy) is 2. The summed E-state index contributed by atoms with van der Waals surface area (Å²) in [5.41, 5.74) is 0.943. The van der Waals surface area contributed by atoms with Gasteiger partial charge in [-0.2, -0.15) is 0 Å². The monoisotopic (exact) mass is 421 g/mol. The first-order chi connectivity index (χ1) is 14.7. The van der Waals surface area contributed by atoms with Gasteiger partial charge in [-0.1, -0.05) is 42.5 Å². The number of amides is 2. The molecule has 0 bridgehead atoms. The molecule has 1 aromatic heterocycles. The van der Waals surface area contributed by atoms with Gasteiger partial charge in [-0.25, -0.2) is 0 Å². The van der Waals surface area contributed by atoms with Crippen LogP contribution in [0, 0.1) is 0 Å². The average molecular weight is 421 g/mol. The van der Waals surface area contributed by atoms with E-state index in [0.29, 0.717) is 27.9 Å². The lowest BCUT2D eigenvalue weighted by Gasteiger charge is -2.14. The van der Waals surface area contributed by atoms with Gasteiger partial charge in [0.05, 0.1) is 18.6 Å². The van der Waals surface area contributed by atoms with Crippen molar-refractivity contribution in [3.8, 4) is 22.8 Å². The molecule has 2 heterocycles. The molecule has 1 saturated heterocycles. The number of benzene rings is 2. The Morgan fingerprint density at radius 3 is 2.47 bits per heavy atom. The van der Waals surface area contributed by atoms with Gasteiger partial charge < -0.3 is 13.9 Å². The molecular weight excluding hydrogens is 402 g/mol. The summed E-state index contributed by atoms with van der Waals surface area (Å²) in [5.74, 6) is 2.02. The van der Waals surface area contributed by atoms with Crippen LogP contribution in [0.15, 0.2) is 76.1 Å². The molecule has 1 aliphatic rings. The number of imide groups is 1. The second-order valence-corrected chi connectivity index (χ2v) is 7.39. The van der Waals surface area contributed by atoms with E-state index in [1.54, 1.807) is 31.4 Å². The summed E-state index contributed by atoms with van der Waals surface area (Å²) in [4.78, 5) is 26.4. The summed E-state index contributed by atoms with van der Waals surface area (Å²) in [7, 11) is 1.56. The van der Waals surface area contributed by atoms with Gasteiger partial charge in [-0.05, 0) is 36.0 Å². The molecule has 2 aromatic carbocycles. The highest BCUT2D eigenvalue weighted by atomic mass is 32.2. The molecule has 152 valence electrons. The molecule has 0 atom stereocenters. The molecule has 0 saturated carbocycles. The maximum absolute atomic E-state index is 12.7. The van der Waals surface area contributed by atoms with E-state index < -0.39 is 0 Å². The Hall–Kier alpha value is -3.45. The number of carbonyl (C=O) groups excluding carboxylic acids is 2. The standard InChI is InChI=1S/C23H19NO5S/c1-27-19-9-5-6-10-20(19)28-14-13-24-22(25)21(30-23(24)26)15-17-11-12-18(29-17)16-7-3-2-4-8-16/h2-12,15H,13-14H2,1H3/b21-15-. The molecular formula is C23H19NO5S. The van der Waals surface area contributed by atoms with Crippen LogP contribution in [0.3, 0.4) is 0 Å². The lowest BCUT2D eigenvalue weighted by molar-refractivity contribution is -0.123. The van der Waals surface area contributed by atoms with Gasteiger partial charge in [0.2, 0.25) is 0 Å². The molecule has 4 rings (SSSR count). The third kappa shape index (κ3) is 4.26. The summed E-state index contributed by atoms with van der Waals surface area (Å²) >= 11 is 0.894. The van der Waals surface area contributed by atoms with Crippen molar-refractivity contribution in [3.63, 3.8) is 0 Å². The molecule has 7 heteroatoms. The fraction of sp³-hybridized carbons (Fsp3) is 0.130. The summed E-state index contributed by atoms with van der Waals surface area (Å²) in [6.07, 6.45) is 1.60. The third-order valence-electron chi connectivity index (χ3n) is 4.47. The number of rotatable bonds is 7. The molecule has 0 radical (unpaired) electrons. The van der Waals surface area contributed by atoms with Gasteiger partial charge >= 0.3 is 0 Å². The summed E-state index contributed by atoms with van der Waals surface area (Å²) in [6.45, 7) is 0.318. The van der Waals surface area contributed by atoms with Crippen LogP contribution in [0.25, 0.3) is 17.4 Å². The highest BCUT2D eigenvalue weighted by Crippen LogP contribution is 2.33. The predicted molar refractivity (Wildman–Crippen MR) is 115 cm³/mol. The largest absolute Gasteiger partial charge is 0.493 e. The zero-order valence-electron chi connectivity index (χ0n) is 16.2. The zero-order chi connectivity index (χ0) is 20.9. The van der Waals surface area contributed by atoms with E-state index in [-0.39, 0.29) is 24.3 Å². The Labute approximate surface area is 178 Å². The van der Waals surface area contributed by atoms with Gasteiger partial charge in [0.25, 0.3) is 11.1 Å². The van der Waals surface area contributed by atoms with E-state index in [4.69, 9.17) is 13.9 Å². The topological polar surface area (TPSA) is 69.0 Å². The molecule has 1 fully saturated rings. The van der Waals surface area contributed by atoms with Crippen LogP contribution in [0.1, 0.15) is 5.76 Å². The van der Waals surface area contributed by atoms with Crippen molar-refractivity contribution in [2.24, 2.45) is 0 Å². The number of furan rings is 1. The van der Waals surface area contributed by atoms with Crippen LogP contribution in [-0.4, -0.2) is 36.3 Å². The van der Waals surface area contributed by atoms with Crippen molar-refractivity contribution < 1.29 is 23.5 Å². The van der Waals surface area contributed by atoms with E-state index in [1.165, 1.54) is 4.90 Å². The van der Waals surface area contributed by atoms with Crippen molar-refractivity contribution in [1.82, 2.24) is 4.90 Å². The van der Waals surface area contributed by atoms with Gasteiger partial charge in [-0.3, -0.25) is 14.5 Å². The Bertz CT molecular complexity index is 1090. The second-order valence-electron chi connectivity index (χ2n) is 6.40. The minimum atomic E-state index is -0.355. The number of nitrogens with zero attached hydrogens (tertiary/aromatic N) is 1. The SMILES string of the molecule is COc1ccccc1OCCN1C(=O)S/C(=C\c2ccc(-c3ccccc3)o2)C1=O. The van der Waals surface area contributed by atoms with E-state index in [0.717, 1.165) is 17.3 Å². The third-order valence-corrected chi connectivity index (χ3v) is 5.38. The van der Waals surface area contributed by atoms with E-state index in [2.05, 4.69) is 0 Å². The van der Waals surface area contributed by atoms with E-state index in [1.807, 2.05) is 48.5 Å². The predicted octanol–water partition coefficient (Wildman–Crippen LogP) is 5.07. The number of methoxy groups -OCH3 is 1. The quantitative estimate of drug-likeness (QED) is 0.496. The van der Waals surface area contributed by atoms with Crippen LogP contribution in [0.5, 0.6) is 11.5 Å². The second kappa shape index (κ2) is 8.92. The maximum atomic E-state index is 12.7. The van der Waals surface area contributed by atoms with Crippen LogP contribution in [-0.2, 0) is 4.79 Å². The molecule has 0 N–H and O–H groups in total. The van der Waals surface area contributed by atoms with E-state index in [9.17, 15) is 9.59 Å². The molecule has 0 unspecified atom stereocenters. The van der Waals surface area contributed by atoms with E-state index >= 15 is 0 Å². The Morgan fingerprint density at radius 2 is 1.70 bits per heavy atom. The van der Waals surface area contributed by atoms with Crippen LogP contribution < -0.4 is 9.47 Å². The van der Waals surface area contributed by atoms with Crippen molar-refractivity contribution >= 4 is 29.0 Å². The van der Waals surface area contributed by atoms with Crippen LogP contribution >= 0.6 is 11.8 Å². The first-order valence-electron chi connectivity index (χ1n) is 9.32. The Balaban J connectivity index is 1.41. The summed E-state index contributed by atoms with van der Waals surface area (Å²) in [6, 6.07) is 20.5. The Morgan fingerprint density at radius 1 is 0.967 bits per heavy atom. The van der Waals surface area contributed by atoms with Crippen LogP contribution in [0.2, 0.25) is 0 Å². The number of hydrogen-bond acceptors (Lipinski definition) is 6. The van der Waals surface area contributed by atoms with Crippen molar-refractivity contribution in [2.45, 2.75) is 0 Å². The number of para-hydroxylation sites is 2. The molecule has 6 nitrogen and oxygen atoms in total. The highest BCUT2D eigenvalue weighted by Gasteiger charge is 2.35. The highest BCUT2D eigenvalue weighted by molar-refractivity contribution is 8.18. The first-order valence-corrected chi connectivity index (χ1v) is 10.1. The smallest absolute Gasteiger partial charge is 0.293 e. The molecule has 0 spiro atoms. The lowest BCUT2D eigenvalue weighted by Crippen LogP contribution is -2.32. The van der Waals surface area contributed by atoms with Crippen LogP contribution in [0.4, 0.5) is 4.79 Å². The van der Waals surface area contributed by atoms with Gasteiger partial charge in [0, 0.05) is 11.6 Å². The fourth-order valence-corrected chi connectivity index (χ4v) is 3.84. The number of hydrogen-bond donors (Lipinski definition) is 0. The Kier molecular flexibility index (Phi) is 5.90.